The van der Waals surface area contributed by atoms with E-state index in [1.807, 2.05) is 36.4 Å². The van der Waals surface area contributed by atoms with Crippen LogP contribution in [-0.2, 0) is 19.1 Å². The van der Waals surface area contributed by atoms with Crippen LogP contribution in [0.5, 0.6) is 0 Å². The van der Waals surface area contributed by atoms with Crippen LogP contribution >= 0.6 is 0 Å². The van der Waals surface area contributed by atoms with Gasteiger partial charge in [-0.3, -0.25) is 9.59 Å². The Bertz CT molecular complexity index is 1270. The second-order valence-electron chi connectivity index (χ2n) is 16.1. The number of nitrogens with zero attached hydrogens (tertiary/aromatic N) is 2. The van der Waals surface area contributed by atoms with Gasteiger partial charge in [0.15, 0.2) is 0 Å². The van der Waals surface area contributed by atoms with Gasteiger partial charge in [0.25, 0.3) is 0 Å². The molecule has 0 N–H and O–H groups in total. The molecule has 6 nitrogen and oxygen atoms in total. The van der Waals surface area contributed by atoms with E-state index >= 15 is 0 Å². The molecule has 0 spiro atoms. The van der Waals surface area contributed by atoms with Crippen molar-refractivity contribution in [3.63, 3.8) is 0 Å². The summed E-state index contributed by atoms with van der Waals surface area (Å²) in [4.78, 5) is 33.8. The van der Waals surface area contributed by atoms with E-state index in [9.17, 15) is 9.59 Å². The SMILES string of the molecule is C[C@H]1[C@@H]2CN(C)C[C@H](C)[C@@H]2C[C@H]1OC(=O)C1C(c2ccccc2)C(C(=O)O[C@@H]2C[C@@H]3[C@@H](CN(C)C[C@@H]3C)[C@@H]2C)C1c1ccccc1. The third-order valence-corrected chi connectivity index (χ3v) is 13.3. The van der Waals surface area contributed by atoms with Gasteiger partial charge >= 0.3 is 11.9 Å². The Morgan fingerprint density at radius 1 is 0.565 bits per heavy atom. The molecule has 0 unspecified atom stereocenters. The zero-order valence-electron chi connectivity index (χ0n) is 28.6. The van der Waals surface area contributed by atoms with Gasteiger partial charge < -0.3 is 19.3 Å². The molecule has 248 valence electrons. The third kappa shape index (κ3) is 5.61. The van der Waals surface area contributed by atoms with E-state index in [2.05, 4.69) is 75.9 Å². The Balaban J connectivity index is 1.16. The number of carbonyl (C=O) groups is 2. The Labute approximate surface area is 276 Å². The molecule has 0 aromatic heterocycles. The molecule has 3 aliphatic carbocycles. The molecule has 2 heterocycles. The van der Waals surface area contributed by atoms with E-state index in [-0.39, 0.29) is 36.0 Å². The number of hydrogen-bond donors (Lipinski definition) is 0. The zero-order chi connectivity index (χ0) is 32.3. The average Bonchev–Trinajstić information content (AvgIpc) is 3.49. The monoisotopic (exact) mass is 626 g/mol. The predicted octanol–water partition coefficient (Wildman–Crippen LogP) is 6.33. The first-order valence-corrected chi connectivity index (χ1v) is 18.0. The van der Waals surface area contributed by atoms with Crippen LogP contribution in [-0.4, -0.2) is 74.2 Å². The normalized spacial score (nSPS) is 42.5. The first-order valence-electron chi connectivity index (χ1n) is 18.0. The standard InChI is InChI=1S/C40H54N2O4/c1-23-19-41(5)21-31-25(3)33(17-29(23)31)45-39(43)37-35(27-13-9-7-10-14-27)38(36(37)28-15-11-8-12-16-28)40(44)46-34-18-30-24(2)20-42(6)22-32(30)26(34)4/h7-16,23-26,29-38H,17-22H2,1-6H3/t23-,24-,25-,26-,29-,30-,31-,32-,33+,34+,35?,36?,37?,38?/m0/s1. The molecule has 10 atom stereocenters. The number of fused-ring (bicyclic) bond motifs is 2. The van der Waals surface area contributed by atoms with Crippen molar-refractivity contribution in [3.8, 4) is 0 Å². The molecule has 0 radical (unpaired) electrons. The molecule has 2 aliphatic heterocycles. The minimum Gasteiger partial charge on any atom is -0.462 e. The Kier molecular flexibility index (Phi) is 8.82. The first kappa shape index (κ1) is 31.9. The fraction of sp³-hybridized carbons (Fsp3) is 0.650. The predicted molar refractivity (Wildman–Crippen MR) is 180 cm³/mol. The van der Waals surface area contributed by atoms with Gasteiger partial charge in [-0.25, -0.2) is 0 Å². The zero-order valence-corrected chi connectivity index (χ0v) is 28.6. The third-order valence-electron chi connectivity index (χ3n) is 13.3. The van der Waals surface area contributed by atoms with Crippen LogP contribution in [0.3, 0.4) is 0 Å². The van der Waals surface area contributed by atoms with Gasteiger partial charge in [0.1, 0.15) is 12.2 Å². The summed E-state index contributed by atoms with van der Waals surface area (Å²) in [7, 11) is 4.42. The van der Waals surface area contributed by atoms with Crippen molar-refractivity contribution >= 4 is 11.9 Å². The summed E-state index contributed by atoms with van der Waals surface area (Å²) in [6.45, 7) is 13.6. The molecular weight excluding hydrogens is 572 g/mol. The van der Waals surface area contributed by atoms with Crippen molar-refractivity contribution in [1.82, 2.24) is 9.80 Å². The van der Waals surface area contributed by atoms with Gasteiger partial charge in [0, 0.05) is 38.0 Å². The Hall–Kier alpha value is -2.70. The van der Waals surface area contributed by atoms with Crippen LogP contribution in [0.4, 0.5) is 0 Å². The summed E-state index contributed by atoms with van der Waals surface area (Å²) >= 11 is 0. The van der Waals surface area contributed by atoms with Crippen molar-refractivity contribution < 1.29 is 19.1 Å². The second-order valence-corrected chi connectivity index (χ2v) is 16.1. The van der Waals surface area contributed by atoms with Gasteiger partial charge in [-0.2, -0.15) is 0 Å². The highest BCUT2D eigenvalue weighted by molar-refractivity contribution is 5.85. The molecule has 2 aromatic rings. The molecule has 0 bridgehead atoms. The molecule has 0 amide bonds. The molecule has 6 heteroatoms. The number of esters is 2. The van der Waals surface area contributed by atoms with Crippen molar-refractivity contribution in [1.29, 1.82) is 0 Å². The van der Waals surface area contributed by atoms with E-state index in [4.69, 9.17) is 9.47 Å². The highest BCUT2D eigenvalue weighted by Gasteiger charge is 2.61. The number of likely N-dealkylation sites (tertiary alicyclic amines) is 2. The molecule has 46 heavy (non-hydrogen) atoms. The number of carbonyl (C=O) groups excluding carboxylic acids is 2. The van der Waals surface area contributed by atoms with Crippen LogP contribution in [0.15, 0.2) is 60.7 Å². The quantitative estimate of drug-likeness (QED) is 0.350. The van der Waals surface area contributed by atoms with Gasteiger partial charge in [-0.1, -0.05) is 88.4 Å². The average molecular weight is 627 g/mol. The maximum Gasteiger partial charge on any atom is 0.310 e. The van der Waals surface area contributed by atoms with E-state index in [1.54, 1.807) is 0 Å². The summed E-state index contributed by atoms with van der Waals surface area (Å²) in [5.41, 5.74) is 2.04. The van der Waals surface area contributed by atoms with Gasteiger partial charge in [0.05, 0.1) is 11.8 Å². The number of rotatable bonds is 6. The highest BCUT2D eigenvalue weighted by Crippen LogP contribution is 2.59. The van der Waals surface area contributed by atoms with Crippen molar-refractivity contribution in [3.05, 3.63) is 71.8 Å². The van der Waals surface area contributed by atoms with Crippen LogP contribution in [0.25, 0.3) is 0 Å². The summed E-state index contributed by atoms with van der Waals surface area (Å²) in [6.07, 6.45) is 1.70. The molecule has 2 saturated heterocycles. The topological polar surface area (TPSA) is 59.1 Å². The summed E-state index contributed by atoms with van der Waals surface area (Å²) in [5, 5.41) is 0. The van der Waals surface area contributed by atoms with Crippen LogP contribution in [0, 0.1) is 59.2 Å². The van der Waals surface area contributed by atoms with E-state index in [1.165, 1.54) is 0 Å². The minimum atomic E-state index is -0.436. The number of ether oxygens (including phenoxy) is 2. The van der Waals surface area contributed by atoms with Gasteiger partial charge in [-0.05, 0) is 85.4 Å². The summed E-state index contributed by atoms with van der Waals surface area (Å²) < 4.78 is 13.1. The van der Waals surface area contributed by atoms with Crippen molar-refractivity contribution in [2.75, 3.05) is 40.3 Å². The van der Waals surface area contributed by atoms with Gasteiger partial charge in [-0.15, -0.1) is 0 Å². The highest BCUT2D eigenvalue weighted by atomic mass is 16.6. The molecular formula is C40H54N2O4. The van der Waals surface area contributed by atoms with E-state index < -0.39 is 11.8 Å². The fourth-order valence-electron chi connectivity index (χ4n) is 11.0. The fourth-order valence-corrected chi connectivity index (χ4v) is 11.0. The lowest BCUT2D eigenvalue weighted by molar-refractivity contribution is -0.175. The summed E-state index contributed by atoms with van der Waals surface area (Å²) in [5.74, 6) is 2.36. The van der Waals surface area contributed by atoms with Crippen molar-refractivity contribution in [2.45, 2.75) is 64.6 Å². The van der Waals surface area contributed by atoms with Crippen LogP contribution < -0.4 is 0 Å². The second kappa shape index (κ2) is 12.7. The Morgan fingerprint density at radius 2 is 0.935 bits per heavy atom. The number of hydrogen-bond acceptors (Lipinski definition) is 6. The summed E-state index contributed by atoms with van der Waals surface area (Å²) in [6, 6.07) is 20.3. The largest absolute Gasteiger partial charge is 0.462 e. The van der Waals surface area contributed by atoms with Crippen molar-refractivity contribution in [2.24, 2.45) is 59.2 Å². The molecule has 2 aromatic carbocycles. The first-order chi connectivity index (χ1) is 22.1. The molecule has 7 rings (SSSR count). The lowest BCUT2D eigenvalue weighted by Crippen LogP contribution is -2.53. The van der Waals surface area contributed by atoms with E-state index in [0.717, 1.165) is 50.1 Å². The maximum atomic E-state index is 14.5. The minimum absolute atomic E-state index is 0.0851. The van der Waals surface area contributed by atoms with E-state index in [0.29, 0.717) is 47.3 Å². The number of piperidine rings is 2. The van der Waals surface area contributed by atoms with Crippen LogP contribution in [0.1, 0.15) is 63.5 Å². The molecule has 5 aliphatic rings. The van der Waals surface area contributed by atoms with Crippen LogP contribution in [0.2, 0.25) is 0 Å². The molecule has 5 fully saturated rings. The molecule has 3 saturated carbocycles. The maximum absolute atomic E-state index is 14.5. The van der Waals surface area contributed by atoms with Gasteiger partial charge in [0.2, 0.25) is 0 Å². The number of benzene rings is 2. The smallest absolute Gasteiger partial charge is 0.310 e. The lowest BCUT2D eigenvalue weighted by atomic mass is 9.52. The lowest BCUT2D eigenvalue weighted by Gasteiger charge is -2.50. The Morgan fingerprint density at radius 3 is 1.30 bits per heavy atom.